The van der Waals surface area contributed by atoms with E-state index in [-0.39, 0.29) is 39.0 Å². The van der Waals surface area contributed by atoms with Gasteiger partial charge in [0.15, 0.2) is 0 Å². The van der Waals surface area contributed by atoms with Crippen molar-refractivity contribution in [3.8, 4) is 0 Å². The third kappa shape index (κ3) is 8.13. The largest absolute Gasteiger partial charge is 0.354 e. The van der Waals surface area contributed by atoms with Crippen LogP contribution in [0.15, 0.2) is 71.6 Å². The van der Waals surface area contributed by atoms with Crippen LogP contribution in [0.25, 0.3) is 0 Å². The Bertz CT molecular complexity index is 1440. The molecule has 0 aliphatic rings. The third-order valence-corrected chi connectivity index (χ3v) is 8.77. The maximum atomic E-state index is 14.0. The van der Waals surface area contributed by atoms with Gasteiger partial charge in [-0.3, -0.25) is 13.9 Å². The SMILES string of the molecule is Cc1ccc(S(=O)(=O)N(CC(=O)N(Cc2ccccc2Cl)[C@@H](C)C(=O)NCC(C)C)c2cc(Cl)cc(Cl)c2)cc1. The number of carbonyl (C=O) groups is 2. The fourth-order valence-electron chi connectivity index (χ4n) is 3.89. The monoisotopic (exact) mass is 623 g/mol. The van der Waals surface area contributed by atoms with Crippen molar-refractivity contribution < 1.29 is 18.0 Å². The molecular formula is C29H32Cl3N3O4S. The molecule has 3 aromatic rings. The van der Waals surface area contributed by atoms with Crippen molar-refractivity contribution >= 4 is 62.3 Å². The molecule has 2 amide bonds. The molecule has 7 nitrogen and oxygen atoms in total. The zero-order valence-corrected chi connectivity index (χ0v) is 25.8. The first kappa shape index (κ1) is 31.7. The van der Waals surface area contributed by atoms with Gasteiger partial charge in [-0.05, 0) is 61.7 Å². The van der Waals surface area contributed by atoms with E-state index in [0.717, 1.165) is 9.87 Å². The Labute approximate surface area is 251 Å². The standard InChI is InChI=1S/C29H32Cl3N3O4S/c1-19(2)16-33-29(37)21(4)34(17-22-7-5-6-8-27(22)32)28(36)18-35(25-14-23(30)13-24(31)15-25)40(38,39)26-11-9-20(3)10-12-26/h5-15,19,21H,16-18H2,1-4H3,(H,33,37)/t21-/m0/s1. The highest BCUT2D eigenvalue weighted by atomic mass is 35.5. The smallest absolute Gasteiger partial charge is 0.264 e. The first-order valence-electron chi connectivity index (χ1n) is 12.7. The molecule has 0 radical (unpaired) electrons. The van der Waals surface area contributed by atoms with Gasteiger partial charge >= 0.3 is 0 Å². The maximum Gasteiger partial charge on any atom is 0.264 e. The lowest BCUT2D eigenvalue weighted by atomic mass is 10.1. The van der Waals surface area contributed by atoms with Crippen LogP contribution in [0.3, 0.4) is 0 Å². The van der Waals surface area contributed by atoms with Crippen molar-refractivity contribution in [1.29, 1.82) is 0 Å². The topological polar surface area (TPSA) is 86.8 Å². The third-order valence-electron chi connectivity index (χ3n) is 6.17. The molecular weight excluding hydrogens is 593 g/mol. The average Bonchev–Trinajstić information content (AvgIpc) is 2.88. The number of nitrogens with zero attached hydrogens (tertiary/aromatic N) is 2. The second-order valence-electron chi connectivity index (χ2n) is 9.88. The van der Waals surface area contributed by atoms with Gasteiger partial charge in [0.25, 0.3) is 10.0 Å². The van der Waals surface area contributed by atoms with Crippen LogP contribution < -0.4 is 9.62 Å². The Hall–Kier alpha value is -2.78. The molecule has 0 heterocycles. The fraction of sp³-hybridized carbons (Fsp3) is 0.310. The molecule has 0 aliphatic heterocycles. The van der Waals surface area contributed by atoms with Crippen LogP contribution in [-0.2, 0) is 26.2 Å². The second kappa shape index (κ2) is 13.7. The average molecular weight is 625 g/mol. The predicted molar refractivity (Wildman–Crippen MR) is 161 cm³/mol. The van der Waals surface area contributed by atoms with Gasteiger partial charge < -0.3 is 10.2 Å². The lowest BCUT2D eigenvalue weighted by molar-refractivity contribution is -0.139. The molecule has 1 N–H and O–H groups in total. The number of sulfonamides is 1. The van der Waals surface area contributed by atoms with Crippen molar-refractivity contribution in [2.75, 3.05) is 17.4 Å². The lowest BCUT2D eigenvalue weighted by Gasteiger charge is -2.32. The summed E-state index contributed by atoms with van der Waals surface area (Å²) in [5.41, 5.74) is 1.60. The van der Waals surface area contributed by atoms with Gasteiger partial charge in [0.1, 0.15) is 12.6 Å². The highest BCUT2D eigenvalue weighted by molar-refractivity contribution is 7.92. The molecule has 40 heavy (non-hydrogen) atoms. The lowest BCUT2D eigenvalue weighted by Crippen LogP contribution is -2.51. The van der Waals surface area contributed by atoms with E-state index in [4.69, 9.17) is 34.8 Å². The Morgan fingerprint density at radius 1 is 0.900 bits per heavy atom. The van der Waals surface area contributed by atoms with E-state index >= 15 is 0 Å². The fourth-order valence-corrected chi connectivity index (χ4v) is 6.00. The summed E-state index contributed by atoms with van der Waals surface area (Å²) in [6.07, 6.45) is 0. The number of hydrogen-bond donors (Lipinski definition) is 1. The van der Waals surface area contributed by atoms with Crippen molar-refractivity contribution in [2.45, 2.75) is 45.2 Å². The Kier molecular flexibility index (Phi) is 10.9. The molecule has 0 fully saturated rings. The Balaban J connectivity index is 2.06. The molecule has 3 rings (SSSR count). The molecule has 0 spiro atoms. The van der Waals surface area contributed by atoms with Gasteiger partial charge in [0, 0.05) is 28.2 Å². The molecule has 0 saturated heterocycles. The van der Waals surface area contributed by atoms with Crippen molar-refractivity contribution in [3.63, 3.8) is 0 Å². The summed E-state index contributed by atoms with van der Waals surface area (Å²) in [7, 11) is -4.24. The number of benzene rings is 3. The molecule has 214 valence electrons. The number of hydrogen-bond acceptors (Lipinski definition) is 4. The van der Waals surface area contributed by atoms with Gasteiger partial charge in [0.05, 0.1) is 10.6 Å². The summed E-state index contributed by atoms with van der Waals surface area (Å²) in [6.45, 7) is 7.16. The van der Waals surface area contributed by atoms with Crippen LogP contribution in [0.4, 0.5) is 5.69 Å². The summed E-state index contributed by atoms with van der Waals surface area (Å²) in [5.74, 6) is -0.779. The van der Waals surface area contributed by atoms with Crippen molar-refractivity contribution in [3.05, 3.63) is 92.9 Å². The molecule has 0 aromatic heterocycles. The predicted octanol–water partition coefficient (Wildman–Crippen LogP) is 6.34. The van der Waals surface area contributed by atoms with Crippen LogP contribution >= 0.6 is 34.8 Å². The molecule has 1 atom stereocenters. The minimum Gasteiger partial charge on any atom is -0.354 e. The van der Waals surface area contributed by atoms with Crippen LogP contribution in [-0.4, -0.2) is 44.3 Å². The Morgan fingerprint density at radius 3 is 2.08 bits per heavy atom. The van der Waals surface area contributed by atoms with E-state index < -0.39 is 28.5 Å². The molecule has 3 aromatic carbocycles. The number of halogens is 3. The van der Waals surface area contributed by atoms with Crippen LogP contribution in [0, 0.1) is 12.8 Å². The van der Waals surface area contributed by atoms with Crippen LogP contribution in [0.5, 0.6) is 0 Å². The minimum atomic E-state index is -4.24. The van der Waals surface area contributed by atoms with Gasteiger partial charge in [-0.25, -0.2) is 8.42 Å². The summed E-state index contributed by atoms with van der Waals surface area (Å²) in [5, 5.41) is 3.67. The van der Waals surface area contributed by atoms with E-state index in [1.165, 1.54) is 35.2 Å². The number of anilines is 1. The van der Waals surface area contributed by atoms with Gasteiger partial charge in [-0.2, -0.15) is 0 Å². The summed E-state index contributed by atoms with van der Waals surface area (Å²) >= 11 is 18.8. The number of amides is 2. The number of rotatable bonds is 11. The van der Waals surface area contributed by atoms with E-state index in [1.807, 2.05) is 20.8 Å². The molecule has 0 bridgehead atoms. The molecule has 11 heteroatoms. The van der Waals surface area contributed by atoms with E-state index in [1.54, 1.807) is 43.3 Å². The first-order valence-corrected chi connectivity index (χ1v) is 15.2. The zero-order chi connectivity index (χ0) is 29.6. The van der Waals surface area contributed by atoms with E-state index in [9.17, 15) is 18.0 Å². The quantitative estimate of drug-likeness (QED) is 0.270. The van der Waals surface area contributed by atoms with E-state index in [2.05, 4.69) is 5.32 Å². The van der Waals surface area contributed by atoms with Crippen molar-refractivity contribution in [2.24, 2.45) is 5.92 Å². The zero-order valence-electron chi connectivity index (χ0n) is 22.7. The van der Waals surface area contributed by atoms with Gasteiger partial charge in [0.2, 0.25) is 11.8 Å². The van der Waals surface area contributed by atoms with Crippen LogP contribution in [0.1, 0.15) is 31.9 Å². The number of nitrogens with one attached hydrogen (secondary N) is 1. The molecule has 0 unspecified atom stereocenters. The Morgan fingerprint density at radius 2 is 1.50 bits per heavy atom. The summed E-state index contributed by atoms with van der Waals surface area (Å²) < 4.78 is 28.7. The highest BCUT2D eigenvalue weighted by Gasteiger charge is 2.33. The number of aryl methyl sites for hydroxylation is 1. The first-order chi connectivity index (χ1) is 18.8. The van der Waals surface area contributed by atoms with Gasteiger partial charge in [-0.15, -0.1) is 0 Å². The second-order valence-corrected chi connectivity index (χ2v) is 13.0. The highest BCUT2D eigenvalue weighted by Crippen LogP contribution is 2.30. The van der Waals surface area contributed by atoms with Gasteiger partial charge in [-0.1, -0.05) is 84.5 Å². The molecule has 0 aliphatic carbocycles. The van der Waals surface area contributed by atoms with E-state index in [0.29, 0.717) is 17.1 Å². The summed E-state index contributed by atoms with van der Waals surface area (Å²) in [4.78, 5) is 28.3. The van der Waals surface area contributed by atoms with Crippen molar-refractivity contribution in [1.82, 2.24) is 10.2 Å². The minimum absolute atomic E-state index is 0.0104. The maximum absolute atomic E-state index is 14.0. The normalized spacial score (nSPS) is 12.2. The molecule has 0 saturated carbocycles. The number of carbonyl (C=O) groups excluding carboxylic acids is 2. The summed E-state index contributed by atoms with van der Waals surface area (Å²) in [6, 6.07) is 16.6. The van der Waals surface area contributed by atoms with Crippen LogP contribution in [0.2, 0.25) is 15.1 Å².